The fourth-order valence-electron chi connectivity index (χ4n) is 1.69. The largest absolute Gasteiger partial charge is 0.416 e. The van der Waals surface area contributed by atoms with Crippen LogP contribution in [-0.4, -0.2) is 13.1 Å². The smallest absolute Gasteiger partial charge is 0.309 e. The van der Waals surface area contributed by atoms with Gasteiger partial charge in [-0.1, -0.05) is 24.3 Å². The molecule has 1 heterocycles. The van der Waals surface area contributed by atoms with Crippen molar-refractivity contribution >= 4 is 5.57 Å². The van der Waals surface area contributed by atoms with Crippen molar-refractivity contribution in [3.8, 4) is 0 Å². The Morgan fingerprint density at radius 3 is 2.47 bits per heavy atom. The van der Waals surface area contributed by atoms with E-state index in [0.717, 1.165) is 11.6 Å². The number of hydrogen-bond donors (Lipinski definition) is 1. The van der Waals surface area contributed by atoms with Gasteiger partial charge in [0.25, 0.3) is 0 Å². The summed E-state index contributed by atoms with van der Waals surface area (Å²) in [6.45, 7) is 1.15. The molecule has 2 rings (SSSR count). The predicted molar refractivity (Wildman–Crippen MR) is 52.3 cm³/mol. The summed E-state index contributed by atoms with van der Waals surface area (Å²) in [5, 5.41) is 2.99. The first-order chi connectivity index (χ1) is 7.09. The average molecular weight is 213 g/mol. The van der Waals surface area contributed by atoms with E-state index in [1.165, 1.54) is 12.1 Å². The maximum Gasteiger partial charge on any atom is 0.416 e. The highest BCUT2D eigenvalue weighted by Crippen LogP contribution is 2.35. The Balaban J connectivity index is 2.47. The van der Waals surface area contributed by atoms with Gasteiger partial charge in [0.2, 0.25) is 0 Å². The molecule has 1 aromatic carbocycles. The van der Waals surface area contributed by atoms with E-state index in [1.54, 1.807) is 12.1 Å². The molecule has 0 atom stereocenters. The van der Waals surface area contributed by atoms with Crippen molar-refractivity contribution in [2.24, 2.45) is 0 Å². The van der Waals surface area contributed by atoms with E-state index in [0.29, 0.717) is 13.1 Å². The van der Waals surface area contributed by atoms with Crippen molar-refractivity contribution in [3.05, 3.63) is 41.5 Å². The van der Waals surface area contributed by atoms with Gasteiger partial charge in [-0.05, 0) is 17.2 Å². The molecule has 0 saturated heterocycles. The van der Waals surface area contributed by atoms with E-state index < -0.39 is 11.7 Å². The molecular weight excluding hydrogens is 203 g/mol. The molecule has 1 aliphatic heterocycles. The fourth-order valence-corrected chi connectivity index (χ4v) is 1.69. The van der Waals surface area contributed by atoms with Crippen molar-refractivity contribution in [2.75, 3.05) is 13.1 Å². The van der Waals surface area contributed by atoms with Crippen molar-refractivity contribution < 1.29 is 13.2 Å². The summed E-state index contributed by atoms with van der Waals surface area (Å²) in [6, 6.07) is 5.68. The van der Waals surface area contributed by atoms with Crippen LogP contribution in [-0.2, 0) is 6.18 Å². The van der Waals surface area contributed by atoms with Crippen molar-refractivity contribution in [1.82, 2.24) is 5.32 Å². The highest BCUT2D eigenvalue weighted by Gasteiger charge is 2.33. The van der Waals surface area contributed by atoms with E-state index >= 15 is 0 Å². The van der Waals surface area contributed by atoms with Crippen LogP contribution in [0, 0.1) is 0 Å². The van der Waals surface area contributed by atoms with Gasteiger partial charge < -0.3 is 5.32 Å². The lowest BCUT2D eigenvalue weighted by atomic mass is 10.00. The number of halogens is 3. The first-order valence-corrected chi connectivity index (χ1v) is 4.65. The average Bonchev–Trinajstić information content (AvgIpc) is 2.69. The van der Waals surface area contributed by atoms with Crippen LogP contribution in [0.5, 0.6) is 0 Å². The van der Waals surface area contributed by atoms with E-state index in [-0.39, 0.29) is 5.56 Å². The molecule has 15 heavy (non-hydrogen) atoms. The lowest BCUT2D eigenvalue weighted by Gasteiger charge is -2.12. The topological polar surface area (TPSA) is 12.0 Å². The monoisotopic (exact) mass is 213 g/mol. The maximum atomic E-state index is 12.7. The Hall–Kier alpha value is -1.29. The third-order valence-electron chi connectivity index (χ3n) is 2.39. The van der Waals surface area contributed by atoms with Crippen LogP contribution in [0.15, 0.2) is 30.3 Å². The fraction of sp³-hybridized carbons (Fsp3) is 0.273. The molecule has 0 bridgehead atoms. The standard InChI is InChI=1S/C11H10F3N/c12-11(13,14)10-4-2-1-3-9(10)8-5-6-15-7-8/h1-5,15H,6-7H2. The van der Waals surface area contributed by atoms with Gasteiger partial charge in [0.15, 0.2) is 0 Å². The number of benzene rings is 1. The minimum absolute atomic E-state index is 0.287. The van der Waals surface area contributed by atoms with Gasteiger partial charge >= 0.3 is 6.18 Å². The lowest BCUT2D eigenvalue weighted by molar-refractivity contribution is -0.137. The Bertz CT molecular complexity index is 393. The summed E-state index contributed by atoms with van der Waals surface area (Å²) in [5.41, 5.74) is 0.456. The second-order valence-corrected chi connectivity index (χ2v) is 3.40. The zero-order valence-electron chi connectivity index (χ0n) is 7.93. The Kier molecular flexibility index (Phi) is 2.52. The van der Waals surface area contributed by atoms with Crippen LogP contribution in [0.2, 0.25) is 0 Å². The second-order valence-electron chi connectivity index (χ2n) is 3.40. The molecule has 0 aromatic heterocycles. The van der Waals surface area contributed by atoms with Gasteiger partial charge in [0.05, 0.1) is 5.56 Å². The summed E-state index contributed by atoms with van der Waals surface area (Å²) in [4.78, 5) is 0. The van der Waals surface area contributed by atoms with Gasteiger partial charge in [-0.2, -0.15) is 13.2 Å². The van der Waals surface area contributed by atoms with Gasteiger partial charge in [0.1, 0.15) is 0 Å². The number of alkyl halides is 3. The minimum atomic E-state index is -4.28. The Morgan fingerprint density at radius 1 is 1.13 bits per heavy atom. The van der Waals surface area contributed by atoms with Gasteiger partial charge in [0, 0.05) is 13.1 Å². The van der Waals surface area contributed by atoms with Crippen LogP contribution in [0.3, 0.4) is 0 Å². The molecule has 0 radical (unpaired) electrons. The van der Waals surface area contributed by atoms with Crippen LogP contribution in [0.25, 0.3) is 5.57 Å². The molecule has 0 unspecified atom stereocenters. The van der Waals surface area contributed by atoms with E-state index in [2.05, 4.69) is 5.32 Å². The first kappa shape index (κ1) is 10.2. The molecule has 1 aliphatic rings. The Labute approximate surface area is 85.6 Å². The van der Waals surface area contributed by atoms with E-state index in [1.807, 2.05) is 0 Å². The molecule has 0 saturated carbocycles. The summed E-state index contributed by atoms with van der Waals surface area (Å²) >= 11 is 0. The van der Waals surface area contributed by atoms with Crippen molar-refractivity contribution in [1.29, 1.82) is 0 Å². The van der Waals surface area contributed by atoms with Crippen LogP contribution in [0.4, 0.5) is 13.2 Å². The maximum absolute atomic E-state index is 12.7. The second kappa shape index (κ2) is 3.70. The number of rotatable bonds is 1. The predicted octanol–water partition coefficient (Wildman–Crippen LogP) is 2.69. The number of nitrogens with one attached hydrogen (secondary N) is 1. The lowest BCUT2D eigenvalue weighted by Crippen LogP contribution is -2.11. The van der Waals surface area contributed by atoms with Crippen molar-refractivity contribution in [3.63, 3.8) is 0 Å². The van der Waals surface area contributed by atoms with Gasteiger partial charge in [-0.15, -0.1) is 0 Å². The van der Waals surface area contributed by atoms with Gasteiger partial charge in [-0.25, -0.2) is 0 Å². The molecule has 1 nitrogen and oxygen atoms in total. The summed E-state index contributed by atoms with van der Waals surface area (Å²) in [6.07, 6.45) is -2.48. The third-order valence-corrected chi connectivity index (χ3v) is 2.39. The zero-order chi connectivity index (χ0) is 10.9. The Morgan fingerprint density at radius 2 is 1.87 bits per heavy atom. The normalized spacial score (nSPS) is 16.6. The number of hydrogen-bond acceptors (Lipinski definition) is 1. The minimum Gasteiger partial charge on any atom is -0.309 e. The highest BCUT2D eigenvalue weighted by molar-refractivity contribution is 5.71. The quantitative estimate of drug-likeness (QED) is 0.756. The molecule has 0 spiro atoms. The highest BCUT2D eigenvalue weighted by atomic mass is 19.4. The van der Waals surface area contributed by atoms with E-state index in [9.17, 15) is 13.2 Å². The van der Waals surface area contributed by atoms with Crippen LogP contribution < -0.4 is 5.32 Å². The molecule has 80 valence electrons. The molecule has 0 aliphatic carbocycles. The summed E-state index contributed by atoms with van der Waals surface area (Å²) in [5.74, 6) is 0. The zero-order valence-corrected chi connectivity index (χ0v) is 7.93. The van der Waals surface area contributed by atoms with Crippen LogP contribution in [0.1, 0.15) is 11.1 Å². The molecule has 4 heteroatoms. The molecular formula is C11H10F3N. The molecule has 1 N–H and O–H groups in total. The third kappa shape index (κ3) is 2.04. The van der Waals surface area contributed by atoms with Crippen LogP contribution >= 0.6 is 0 Å². The van der Waals surface area contributed by atoms with Gasteiger partial charge in [-0.3, -0.25) is 0 Å². The first-order valence-electron chi connectivity index (χ1n) is 4.65. The summed E-state index contributed by atoms with van der Waals surface area (Å²) in [7, 11) is 0. The van der Waals surface area contributed by atoms with Crippen molar-refractivity contribution in [2.45, 2.75) is 6.18 Å². The SMILES string of the molecule is FC(F)(F)c1ccccc1C1=CCNC1. The molecule has 0 amide bonds. The molecule has 0 fully saturated rings. The molecule has 1 aromatic rings. The summed E-state index contributed by atoms with van der Waals surface area (Å²) < 4.78 is 38.0. The van der Waals surface area contributed by atoms with E-state index in [4.69, 9.17) is 0 Å².